The number of carbonyl (C=O) groups is 1. The lowest BCUT2D eigenvalue weighted by Gasteiger charge is -2.33. The van der Waals surface area contributed by atoms with Crippen molar-refractivity contribution >= 4 is 23.2 Å². The first-order valence-corrected chi connectivity index (χ1v) is 8.14. The third-order valence-electron chi connectivity index (χ3n) is 4.14. The van der Waals surface area contributed by atoms with Crippen LogP contribution in [0.2, 0.25) is 0 Å². The van der Waals surface area contributed by atoms with E-state index in [1.54, 1.807) is 6.20 Å². The second-order valence-corrected chi connectivity index (χ2v) is 6.14. The van der Waals surface area contributed by atoms with Crippen molar-refractivity contribution in [3.05, 3.63) is 48.2 Å². The number of benzene rings is 1. The number of amides is 2. The number of urea groups is 1. The van der Waals surface area contributed by atoms with Gasteiger partial charge in [-0.25, -0.2) is 9.78 Å². The van der Waals surface area contributed by atoms with E-state index in [0.717, 1.165) is 43.2 Å². The molecule has 0 atom stereocenters. The molecule has 2 aromatic rings. The van der Waals surface area contributed by atoms with Gasteiger partial charge in [0.15, 0.2) is 0 Å². The summed E-state index contributed by atoms with van der Waals surface area (Å²) in [6, 6.07) is 11.2. The van der Waals surface area contributed by atoms with E-state index < -0.39 is 0 Å². The Morgan fingerprint density at radius 2 is 1.58 bits per heavy atom. The molecule has 1 aliphatic rings. The number of rotatable bonds is 3. The lowest BCUT2D eigenvalue weighted by Crippen LogP contribution is -2.44. The van der Waals surface area contributed by atoms with E-state index in [1.807, 2.05) is 43.3 Å². The molecule has 1 aromatic carbocycles. The van der Waals surface area contributed by atoms with Crippen LogP contribution in [0.15, 0.2) is 42.6 Å². The molecule has 0 spiro atoms. The second kappa shape index (κ2) is 7.31. The molecular weight excluding hydrogens is 302 g/mol. The Balaban J connectivity index is 1.55. The molecule has 0 saturated carbocycles. The van der Waals surface area contributed by atoms with Gasteiger partial charge in [0.1, 0.15) is 5.82 Å². The SMILES string of the molecule is Cc1ccc(NC(=O)Nc2ccc(N3CCN(C)CC3)nc2)cc1. The summed E-state index contributed by atoms with van der Waals surface area (Å²) in [5, 5.41) is 5.61. The van der Waals surface area contributed by atoms with Gasteiger partial charge in [0.25, 0.3) is 0 Å². The first-order valence-electron chi connectivity index (χ1n) is 8.14. The highest BCUT2D eigenvalue weighted by atomic mass is 16.2. The fourth-order valence-corrected chi connectivity index (χ4v) is 2.61. The zero-order chi connectivity index (χ0) is 16.9. The molecule has 0 unspecified atom stereocenters. The summed E-state index contributed by atoms with van der Waals surface area (Å²) >= 11 is 0. The minimum Gasteiger partial charge on any atom is -0.354 e. The zero-order valence-corrected chi connectivity index (χ0v) is 14.1. The number of anilines is 3. The number of hydrogen-bond acceptors (Lipinski definition) is 4. The Bertz CT molecular complexity index is 676. The van der Waals surface area contributed by atoms with Crippen molar-refractivity contribution in [2.24, 2.45) is 0 Å². The monoisotopic (exact) mass is 325 g/mol. The Morgan fingerprint density at radius 3 is 2.21 bits per heavy atom. The number of nitrogens with one attached hydrogen (secondary N) is 2. The molecule has 0 radical (unpaired) electrons. The first kappa shape index (κ1) is 16.3. The third kappa shape index (κ3) is 4.23. The summed E-state index contributed by atoms with van der Waals surface area (Å²) in [5.74, 6) is 0.951. The molecule has 6 heteroatoms. The number of likely N-dealkylation sites (N-methyl/N-ethyl adjacent to an activating group) is 1. The molecule has 0 aliphatic carbocycles. The fraction of sp³-hybridized carbons (Fsp3) is 0.333. The van der Waals surface area contributed by atoms with Gasteiger partial charge in [-0.15, -0.1) is 0 Å². The molecule has 3 rings (SSSR count). The summed E-state index contributed by atoms with van der Waals surface area (Å²) in [6.45, 7) is 6.05. The van der Waals surface area contributed by atoms with Crippen LogP contribution in [0.1, 0.15) is 5.56 Å². The molecule has 126 valence electrons. The van der Waals surface area contributed by atoms with Gasteiger partial charge in [-0.2, -0.15) is 0 Å². The highest BCUT2D eigenvalue weighted by Gasteiger charge is 2.15. The summed E-state index contributed by atoms with van der Waals surface area (Å²) in [4.78, 5) is 21.1. The van der Waals surface area contributed by atoms with Crippen LogP contribution >= 0.6 is 0 Å². The quantitative estimate of drug-likeness (QED) is 0.911. The molecule has 2 heterocycles. The van der Waals surface area contributed by atoms with Crippen molar-refractivity contribution in [1.82, 2.24) is 9.88 Å². The van der Waals surface area contributed by atoms with Crippen molar-refractivity contribution < 1.29 is 4.79 Å². The molecule has 1 aromatic heterocycles. The van der Waals surface area contributed by atoms with Crippen molar-refractivity contribution in [3.63, 3.8) is 0 Å². The van der Waals surface area contributed by atoms with Crippen LogP contribution in [0.4, 0.5) is 22.0 Å². The van der Waals surface area contributed by atoms with Gasteiger partial charge < -0.3 is 20.4 Å². The number of piperazine rings is 1. The number of carbonyl (C=O) groups excluding carboxylic acids is 1. The normalized spacial score (nSPS) is 15.2. The molecule has 6 nitrogen and oxygen atoms in total. The van der Waals surface area contributed by atoms with E-state index in [0.29, 0.717) is 5.69 Å². The molecule has 1 aliphatic heterocycles. The lowest BCUT2D eigenvalue weighted by atomic mass is 10.2. The minimum absolute atomic E-state index is 0.270. The van der Waals surface area contributed by atoms with Crippen molar-refractivity contribution in [2.45, 2.75) is 6.92 Å². The Labute approximate surface area is 142 Å². The maximum absolute atomic E-state index is 12.0. The van der Waals surface area contributed by atoms with Crippen LogP contribution in [0, 0.1) is 6.92 Å². The third-order valence-corrected chi connectivity index (χ3v) is 4.14. The molecule has 0 bridgehead atoms. The van der Waals surface area contributed by atoms with Crippen LogP contribution in [0.3, 0.4) is 0 Å². The minimum atomic E-state index is -0.270. The number of aromatic nitrogens is 1. The molecule has 2 N–H and O–H groups in total. The van der Waals surface area contributed by atoms with Gasteiger partial charge in [0.2, 0.25) is 0 Å². The van der Waals surface area contributed by atoms with Crippen molar-refractivity contribution in [3.8, 4) is 0 Å². The number of nitrogens with zero attached hydrogens (tertiary/aromatic N) is 3. The highest BCUT2D eigenvalue weighted by Crippen LogP contribution is 2.16. The number of hydrogen-bond donors (Lipinski definition) is 2. The Kier molecular flexibility index (Phi) is 4.96. The average Bonchev–Trinajstić information content (AvgIpc) is 2.58. The van der Waals surface area contributed by atoms with Crippen LogP contribution in [0.25, 0.3) is 0 Å². The smallest absolute Gasteiger partial charge is 0.323 e. The highest BCUT2D eigenvalue weighted by molar-refractivity contribution is 5.99. The second-order valence-electron chi connectivity index (χ2n) is 6.14. The molecule has 1 saturated heterocycles. The zero-order valence-electron chi connectivity index (χ0n) is 14.1. The first-order chi connectivity index (χ1) is 11.6. The molecule has 24 heavy (non-hydrogen) atoms. The summed E-state index contributed by atoms with van der Waals surface area (Å²) in [6.07, 6.45) is 1.70. The van der Waals surface area contributed by atoms with E-state index in [-0.39, 0.29) is 6.03 Å². The summed E-state index contributed by atoms with van der Waals surface area (Å²) in [7, 11) is 2.13. The predicted molar refractivity (Wildman–Crippen MR) is 97.8 cm³/mol. The maximum atomic E-state index is 12.0. The van der Waals surface area contributed by atoms with Crippen LogP contribution in [-0.4, -0.2) is 49.1 Å². The van der Waals surface area contributed by atoms with Crippen LogP contribution < -0.4 is 15.5 Å². The van der Waals surface area contributed by atoms with Gasteiger partial charge >= 0.3 is 6.03 Å². The standard InChI is InChI=1S/C18H23N5O/c1-14-3-5-15(6-4-14)20-18(24)21-16-7-8-17(19-13-16)23-11-9-22(2)10-12-23/h3-8,13H,9-12H2,1-2H3,(H2,20,21,24). The molecule has 2 amide bonds. The van der Waals surface area contributed by atoms with Gasteiger partial charge in [0.05, 0.1) is 11.9 Å². The van der Waals surface area contributed by atoms with Crippen LogP contribution in [0.5, 0.6) is 0 Å². The van der Waals surface area contributed by atoms with E-state index in [9.17, 15) is 4.79 Å². The Morgan fingerprint density at radius 1 is 0.958 bits per heavy atom. The molecular formula is C18H23N5O. The van der Waals surface area contributed by atoms with Crippen molar-refractivity contribution in [2.75, 3.05) is 48.8 Å². The summed E-state index contributed by atoms with van der Waals surface area (Å²) < 4.78 is 0. The van der Waals surface area contributed by atoms with Gasteiger partial charge in [0, 0.05) is 31.9 Å². The maximum Gasteiger partial charge on any atom is 0.323 e. The van der Waals surface area contributed by atoms with Gasteiger partial charge in [-0.05, 0) is 38.2 Å². The lowest BCUT2D eigenvalue weighted by molar-refractivity contribution is 0.262. The number of aryl methyl sites for hydroxylation is 1. The van der Waals surface area contributed by atoms with Crippen LogP contribution in [-0.2, 0) is 0 Å². The summed E-state index contributed by atoms with van der Waals surface area (Å²) in [5.41, 5.74) is 2.60. The van der Waals surface area contributed by atoms with Crippen molar-refractivity contribution in [1.29, 1.82) is 0 Å². The van der Waals surface area contributed by atoms with E-state index in [1.165, 1.54) is 0 Å². The Hall–Kier alpha value is -2.60. The average molecular weight is 325 g/mol. The van der Waals surface area contributed by atoms with Gasteiger partial charge in [-0.3, -0.25) is 0 Å². The predicted octanol–water partition coefficient (Wildman–Crippen LogP) is 2.79. The molecule has 1 fully saturated rings. The van der Waals surface area contributed by atoms with Gasteiger partial charge in [-0.1, -0.05) is 17.7 Å². The largest absolute Gasteiger partial charge is 0.354 e. The van der Waals surface area contributed by atoms with E-state index in [2.05, 4.69) is 32.5 Å². The number of pyridine rings is 1. The van der Waals surface area contributed by atoms with E-state index >= 15 is 0 Å². The fourth-order valence-electron chi connectivity index (χ4n) is 2.61. The topological polar surface area (TPSA) is 60.5 Å². The van der Waals surface area contributed by atoms with E-state index in [4.69, 9.17) is 0 Å².